The van der Waals surface area contributed by atoms with Crippen LogP contribution < -0.4 is 4.74 Å². The van der Waals surface area contributed by atoms with Crippen molar-refractivity contribution in [2.75, 3.05) is 6.61 Å². The second-order valence-electron chi connectivity index (χ2n) is 9.42. The molecule has 1 aromatic rings. The Bertz CT molecular complexity index is 610. The molecule has 0 spiro atoms. The SMILES string of the molecule is CCCCCCCCCCOc1ccc(C2=CCC(CCCCCCCC)C=C2)cc1. The van der Waals surface area contributed by atoms with Crippen molar-refractivity contribution >= 4 is 5.57 Å². The van der Waals surface area contributed by atoms with E-state index in [1.165, 1.54) is 114 Å². The van der Waals surface area contributed by atoms with Crippen LogP contribution >= 0.6 is 0 Å². The van der Waals surface area contributed by atoms with E-state index in [1.807, 2.05) is 0 Å². The Hall–Kier alpha value is -1.50. The second-order valence-corrected chi connectivity index (χ2v) is 9.42. The predicted octanol–water partition coefficient (Wildman–Crippen LogP) is 9.92. The monoisotopic (exact) mass is 424 g/mol. The molecule has 1 aliphatic carbocycles. The minimum Gasteiger partial charge on any atom is -0.494 e. The molecule has 0 saturated carbocycles. The van der Waals surface area contributed by atoms with Crippen LogP contribution in [0.1, 0.15) is 122 Å². The van der Waals surface area contributed by atoms with Gasteiger partial charge in [-0.3, -0.25) is 0 Å². The fourth-order valence-corrected chi connectivity index (χ4v) is 4.45. The molecule has 1 atom stereocenters. The van der Waals surface area contributed by atoms with E-state index in [1.54, 1.807) is 0 Å². The Morgan fingerprint density at radius 3 is 1.87 bits per heavy atom. The zero-order valence-corrected chi connectivity index (χ0v) is 20.5. The van der Waals surface area contributed by atoms with Gasteiger partial charge in [0.05, 0.1) is 6.61 Å². The molecule has 2 rings (SSSR count). The van der Waals surface area contributed by atoms with Gasteiger partial charge in [-0.1, -0.05) is 128 Å². The summed E-state index contributed by atoms with van der Waals surface area (Å²) >= 11 is 0. The zero-order chi connectivity index (χ0) is 22.0. The normalized spacial score (nSPS) is 15.8. The van der Waals surface area contributed by atoms with Gasteiger partial charge in [-0.2, -0.15) is 0 Å². The smallest absolute Gasteiger partial charge is 0.119 e. The first-order valence-electron chi connectivity index (χ1n) is 13.4. The zero-order valence-electron chi connectivity index (χ0n) is 20.5. The lowest BCUT2D eigenvalue weighted by atomic mass is 9.89. The van der Waals surface area contributed by atoms with Gasteiger partial charge >= 0.3 is 0 Å². The Morgan fingerprint density at radius 2 is 1.29 bits per heavy atom. The minimum atomic E-state index is 0.740. The maximum atomic E-state index is 5.95. The summed E-state index contributed by atoms with van der Waals surface area (Å²) < 4.78 is 5.95. The molecule has 0 aromatic heterocycles. The number of unbranched alkanes of at least 4 members (excludes halogenated alkanes) is 12. The summed E-state index contributed by atoms with van der Waals surface area (Å²) in [7, 11) is 0. The number of allylic oxidation sites excluding steroid dienone is 4. The lowest BCUT2D eigenvalue weighted by molar-refractivity contribution is 0.304. The molecule has 31 heavy (non-hydrogen) atoms. The number of ether oxygens (including phenoxy) is 1. The van der Waals surface area contributed by atoms with Crippen molar-refractivity contribution in [2.24, 2.45) is 5.92 Å². The van der Waals surface area contributed by atoms with E-state index in [9.17, 15) is 0 Å². The van der Waals surface area contributed by atoms with E-state index in [-0.39, 0.29) is 0 Å². The summed E-state index contributed by atoms with van der Waals surface area (Å²) in [5.74, 6) is 1.75. The highest BCUT2D eigenvalue weighted by Gasteiger charge is 2.10. The molecule has 0 amide bonds. The molecule has 0 radical (unpaired) electrons. The number of hydrogen-bond donors (Lipinski definition) is 0. The van der Waals surface area contributed by atoms with Crippen LogP contribution in [0.25, 0.3) is 5.57 Å². The summed E-state index contributed by atoms with van der Waals surface area (Å²) in [4.78, 5) is 0. The van der Waals surface area contributed by atoms with E-state index in [2.05, 4.69) is 56.3 Å². The van der Waals surface area contributed by atoms with Gasteiger partial charge in [-0.25, -0.2) is 0 Å². The highest BCUT2D eigenvalue weighted by molar-refractivity contribution is 5.75. The molecule has 0 heterocycles. The van der Waals surface area contributed by atoms with Gasteiger partial charge in [0.1, 0.15) is 5.75 Å². The van der Waals surface area contributed by atoms with Crippen molar-refractivity contribution in [1.29, 1.82) is 0 Å². The summed E-state index contributed by atoms with van der Waals surface area (Å²) in [6, 6.07) is 8.70. The molecular weight excluding hydrogens is 376 g/mol. The van der Waals surface area contributed by atoms with Crippen molar-refractivity contribution in [2.45, 2.75) is 117 Å². The van der Waals surface area contributed by atoms with Crippen LogP contribution in [0.3, 0.4) is 0 Å². The summed E-state index contributed by atoms with van der Waals surface area (Å²) in [6.45, 7) is 5.41. The molecule has 1 nitrogen and oxygen atoms in total. The predicted molar refractivity (Wildman–Crippen MR) is 138 cm³/mol. The van der Waals surface area contributed by atoms with E-state index >= 15 is 0 Å². The van der Waals surface area contributed by atoms with Crippen LogP contribution in [0.5, 0.6) is 5.75 Å². The third kappa shape index (κ3) is 11.6. The second kappa shape index (κ2) is 17.1. The fraction of sp³-hybridized carbons (Fsp3) is 0.667. The maximum Gasteiger partial charge on any atom is 0.119 e. The first-order valence-corrected chi connectivity index (χ1v) is 13.4. The van der Waals surface area contributed by atoms with Gasteiger partial charge in [0, 0.05) is 0 Å². The first-order chi connectivity index (χ1) is 15.3. The van der Waals surface area contributed by atoms with Crippen LogP contribution in [0.15, 0.2) is 42.5 Å². The molecule has 0 bridgehead atoms. The van der Waals surface area contributed by atoms with Crippen LogP contribution in [0.2, 0.25) is 0 Å². The van der Waals surface area contributed by atoms with Gasteiger partial charge in [0.15, 0.2) is 0 Å². The molecular formula is C30H48O. The molecule has 0 fully saturated rings. The van der Waals surface area contributed by atoms with Gasteiger partial charge in [-0.05, 0) is 48.4 Å². The molecule has 0 N–H and O–H groups in total. The van der Waals surface area contributed by atoms with Crippen molar-refractivity contribution in [3.8, 4) is 5.75 Å². The lowest BCUT2D eigenvalue weighted by Crippen LogP contribution is -2.00. The molecule has 1 aliphatic rings. The Morgan fingerprint density at radius 1 is 0.710 bits per heavy atom. The van der Waals surface area contributed by atoms with Crippen molar-refractivity contribution in [3.63, 3.8) is 0 Å². The lowest BCUT2D eigenvalue weighted by Gasteiger charge is -2.16. The van der Waals surface area contributed by atoms with Crippen molar-refractivity contribution in [3.05, 3.63) is 48.1 Å². The Kier molecular flexibility index (Phi) is 14.2. The van der Waals surface area contributed by atoms with Gasteiger partial charge in [-0.15, -0.1) is 0 Å². The van der Waals surface area contributed by atoms with Crippen LogP contribution in [0.4, 0.5) is 0 Å². The average molecular weight is 425 g/mol. The fourth-order valence-electron chi connectivity index (χ4n) is 4.45. The van der Waals surface area contributed by atoms with E-state index in [4.69, 9.17) is 4.74 Å². The number of rotatable bonds is 18. The third-order valence-electron chi connectivity index (χ3n) is 6.57. The van der Waals surface area contributed by atoms with E-state index < -0.39 is 0 Å². The Labute approximate surface area is 193 Å². The summed E-state index contributed by atoms with van der Waals surface area (Å²) in [5, 5.41) is 0. The highest BCUT2D eigenvalue weighted by atomic mass is 16.5. The molecule has 1 unspecified atom stereocenters. The molecule has 0 saturated heterocycles. The van der Waals surface area contributed by atoms with E-state index in [0.717, 1.165) is 18.3 Å². The highest BCUT2D eigenvalue weighted by Crippen LogP contribution is 2.28. The quantitative estimate of drug-likeness (QED) is 0.213. The maximum absolute atomic E-state index is 5.95. The molecule has 0 aliphatic heterocycles. The number of benzene rings is 1. The van der Waals surface area contributed by atoms with Crippen molar-refractivity contribution in [1.82, 2.24) is 0 Å². The first kappa shape index (κ1) is 25.8. The standard InChI is InChI=1S/C30H48O/c1-3-5-7-9-11-12-14-16-26-31-30-24-22-29(23-25-30)28-20-18-27(19-21-28)17-15-13-10-8-6-4-2/h18,20-25,27H,3-17,19,26H2,1-2H3. The topological polar surface area (TPSA) is 9.23 Å². The third-order valence-corrected chi connectivity index (χ3v) is 6.57. The summed E-state index contributed by atoms with van der Waals surface area (Å²) in [6.07, 6.45) is 28.8. The molecule has 1 heteroatoms. The van der Waals surface area contributed by atoms with Crippen LogP contribution in [-0.4, -0.2) is 6.61 Å². The summed E-state index contributed by atoms with van der Waals surface area (Å²) in [5.41, 5.74) is 2.68. The molecule has 1 aromatic carbocycles. The Balaban J connectivity index is 1.57. The average Bonchev–Trinajstić information content (AvgIpc) is 2.81. The largest absolute Gasteiger partial charge is 0.494 e. The number of hydrogen-bond acceptors (Lipinski definition) is 1. The van der Waals surface area contributed by atoms with Gasteiger partial charge in [0.2, 0.25) is 0 Å². The van der Waals surface area contributed by atoms with Crippen LogP contribution in [-0.2, 0) is 0 Å². The van der Waals surface area contributed by atoms with Crippen molar-refractivity contribution < 1.29 is 4.74 Å². The van der Waals surface area contributed by atoms with Gasteiger partial charge < -0.3 is 4.74 Å². The van der Waals surface area contributed by atoms with Gasteiger partial charge in [0.25, 0.3) is 0 Å². The molecule has 174 valence electrons. The van der Waals surface area contributed by atoms with Crippen LogP contribution in [0, 0.1) is 5.92 Å². The van der Waals surface area contributed by atoms with E-state index in [0.29, 0.717) is 0 Å². The minimum absolute atomic E-state index is 0.740.